The Labute approximate surface area is 123 Å². The van der Waals surface area contributed by atoms with Gasteiger partial charge < -0.3 is 4.74 Å². The molecule has 0 saturated heterocycles. The van der Waals surface area contributed by atoms with Crippen molar-refractivity contribution in [3.63, 3.8) is 0 Å². The lowest BCUT2D eigenvalue weighted by Gasteiger charge is -2.19. The van der Waals surface area contributed by atoms with Crippen molar-refractivity contribution in [1.82, 2.24) is 15.2 Å². The number of carbonyl (C=O) groups excluding carboxylic acids is 1. The van der Waals surface area contributed by atoms with Crippen LogP contribution in [0.3, 0.4) is 0 Å². The summed E-state index contributed by atoms with van der Waals surface area (Å²) in [5.41, 5.74) is 1.16. The molecule has 7 heteroatoms. The highest BCUT2D eigenvalue weighted by molar-refractivity contribution is 5.87. The highest BCUT2D eigenvalue weighted by Crippen LogP contribution is 2.09. The molecule has 1 atom stereocenters. The molecular formula is C14H20N4O3. The van der Waals surface area contributed by atoms with Crippen LogP contribution < -0.4 is 10.9 Å². The summed E-state index contributed by atoms with van der Waals surface area (Å²) >= 11 is 0. The smallest absolute Gasteiger partial charge is 0.363 e. The fraction of sp³-hybridized carbons (Fsp3) is 0.429. The lowest BCUT2D eigenvalue weighted by Crippen LogP contribution is -2.30. The maximum atomic E-state index is 12.0. The van der Waals surface area contributed by atoms with Crippen LogP contribution in [0.25, 0.3) is 0 Å². The number of nitrogens with one attached hydrogen (secondary N) is 1. The molecule has 0 spiro atoms. The number of esters is 1. The fourth-order valence-electron chi connectivity index (χ4n) is 1.39. The first-order valence-corrected chi connectivity index (χ1v) is 6.47. The number of nitrogens with zero attached hydrogens (tertiary/aromatic N) is 3. The molecular weight excluding hydrogens is 272 g/mol. The second kappa shape index (κ2) is 6.83. The van der Waals surface area contributed by atoms with Gasteiger partial charge in [-0.05, 0) is 27.7 Å². The van der Waals surface area contributed by atoms with Crippen molar-refractivity contribution < 1.29 is 9.53 Å². The Morgan fingerprint density at radius 1 is 1.57 bits per heavy atom. The summed E-state index contributed by atoms with van der Waals surface area (Å²) in [7, 11) is 0. The van der Waals surface area contributed by atoms with Crippen LogP contribution in [0.4, 0.5) is 0 Å². The van der Waals surface area contributed by atoms with Gasteiger partial charge in [0.15, 0.2) is 0 Å². The third-order valence-electron chi connectivity index (χ3n) is 2.29. The molecule has 0 bridgehead atoms. The third-order valence-corrected chi connectivity index (χ3v) is 2.29. The molecule has 0 saturated carbocycles. The average Bonchev–Trinajstić information content (AvgIpc) is 2.37. The summed E-state index contributed by atoms with van der Waals surface area (Å²) in [5.74, 6) is -0.741. The molecule has 1 N–H and O–H groups in total. The van der Waals surface area contributed by atoms with Crippen molar-refractivity contribution in [2.24, 2.45) is 5.10 Å². The maximum absolute atomic E-state index is 12.0. The number of hydrogen-bond acceptors (Lipinski definition) is 6. The van der Waals surface area contributed by atoms with Crippen LogP contribution in [0.5, 0.6) is 0 Å². The normalized spacial score (nSPS) is 13.0. The number of carbonyl (C=O) groups is 1. The first kappa shape index (κ1) is 16.6. The molecule has 1 aromatic heterocycles. The highest BCUT2D eigenvalue weighted by atomic mass is 16.6. The molecule has 0 fully saturated rings. The molecule has 0 amide bonds. The number of hydrogen-bond donors (Lipinski definition) is 1. The zero-order valence-electron chi connectivity index (χ0n) is 12.7. The van der Waals surface area contributed by atoms with E-state index in [1.54, 1.807) is 27.0 Å². The molecule has 0 radical (unpaired) electrons. The second-order valence-corrected chi connectivity index (χ2v) is 5.36. The summed E-state index contributed by atoms with van der Waals surface area (Å²) in [6, 6.07) is 1.02. The van der Waals surface area contributed by atoms with Crippen molar-refractivity contribution in [2.75, 3.05) is 0 Å². The van der Waals surface area contributed by atoms with Crippen molar-refractivity contribution in [3.8, 4) is 0 Å². The van der Waals surface area contributed by atoms with E-state index in [-0.39, 0.29) is 11.7 Å². The molecule has 1 unspecified atom stereocenters. The minimum Gasteiger partial charge on any atom is -0.455 e. The van der Waals surface area contributed by atoms with Crippen LogP contribution in [0.2, 0.25) is 0 Å². The highest BCUT2D eigenvalue weighted by Gasteiger charge is 2.22. The Kier molecular flexibility index (Phi) is 5.40. The van der Waals surface area contributed by atoms with Crippen molar-refractivity contribution in [2.45, 2.75) is 39.3 Å². The standard InChI is InChI=1S/C14H20N4O3/c1-6-15-16-9-10(2)18-8-7-11(19)12(17-18)13(20)21-14(3,4)5/h6-10,15H,1H2,2-5H3/b16-9-. The summed E-state index contributed by atoms with van der Waals surface area (Å²) in [4.78, 5) is 23.7. The van der Waals surface area contributed by atoms with E-state index in [4.69, 9.17) is 4.74 Å². The molecule has 1 heterocycles. The third kappa shape index (κ3) is 5.21. The van der Waals surface area contributed by atoms with Crippen LogP contribution in [-0.4, -0.2) is 27.6 Å². The van der Waals surface area contributed by atoms with Crippen molar-refractivity contribution in [3.05, 3.63) is 41.0 Å². The molecule has 7 nitrogen and oxygen atoms in total. The van der Waals surface area contributed by atoms with Gasteiger partial charge in [0, 0.05) is 24.7 Å². The van der Waals surface area contributed by atoms with E-state index < -0.39 is 17.0 Å². The Morgan fingerprint density at radius 2 is 2.24 bits per heavy atom. The predicted molar refractivity (Wildman–Crippen MR) is 80.2 cm³/mol. The zero-order valence-corrected chi connectivity index (χ0v) is 12.7. The summed E-state index contributed by atoms with van der Waals surface area (Å²) in [6.45, 7) is 10.4. The van der Waals surface area contributed by atoms with Crippen molar-refractivity contribution >= 4 is 12.2 Å². The maximum Gasteiger partial charge on any atom is 0.363 e. The SMILES string of the molecule is C=CN/N=C\C(C)n1ccc(=O)c(C(=O)OC(C)(C)C)n1. The molecule has 0 aromatic carbocycles. The lowest BCUT2D eigenvalue weighted by molar-refractivity contribution is 0.00584. The summed E-state index contributed by atoms with van der Waals surface area (Å²) in [5, 5.41) is 7.89. The molecule has 0 aliphatic rings. The number of aromatic nitrogens is 2. The van der Waals surface area contributed by atoms with Crippen LogP contribution in [0.1, 0.15) is 44.2 Å². The Morgan fingerprint density at radius 3 is 2.81 bits per heavy atom. The lowest BCUT2D eigenvalue weighted by atomic mass is 10.2. The van der Waals surface area contributed by atoms with Gasteiger partial charge in [0.1, 0.15) is 5.60 Å². The van der Waals surface area contributed by atoms with Gasteiger partial charge in [0.25, 0.3) is 0 Å². The second-order valence-electron chi connectivity index (χ2n) is 5.36. The van der Waals surface area contributed by atoms with Gasteiger partial charge in [-0.1, -0.05) is 6.58 Å². The van der Waals surface area contributed by atoms with E-state index in [1.807, 2.05) is 6.92 Å². The van der Waals surface area contributed by atoms with E-state index in [9.17, 15) is 9.59 Å². The van der Waals surface area contributed by atoms with Crippen LogP contribution in [-0.2, 0) is 4.74 Å². The van der Waals surface area contributed by atoms with Gasteiger partial charge in [-0.25, -0.2) is 4.79 Å². The average molecular weight is 292 g/mol. The van der Waals surface area contributed by atoms with Crippen molar-refractivity contribution in [1.29, 1.82) is 0 Å². The Balaban J connectivity index is 3.02. The number of ether oxygens (including phenoxy) is 1. The quantitative estimate of drug-likeness (QED) is 0.504. The van der Waals surface area contributed by atoms with E-state index in [0.717, 1.165) is 0 Å². The first-order valence-electron chi connectivity index (χ1n) is 6.47. The van der Waals surface area contributed by atoms with Crippen LogP contribution >= 0.6 is 0 Å². The fourth-order valence-corrected chi connectivity index (χ4v) is 1.39. The predicted octanol–water partition coefficient (Wildman–Crippen LogP) is 1.48. The summed E-state index contributed by atoms with van der Waals surface area (Å²) in [6.07, 6.45) is 4.48. The van der Waals surface area contributed by atoms with E-state index in [0.29, 0.717) is 0 Å². The van der Waals surface area contributed by atoms with Gasteiger partial charge >= 0.3 is 5.97 Å². The monoisotopic (exact) mass is 292 g/mol. The van der Waals surface area contributed by atoms with E-state index in [1.165, 1.54) is 23.1 Å². The zero-order chi connectivity index (χ0) is 16.0. The van der Waals surface area contributed by atoms with Gasteiger partial charge in [0.05, 0.1) is 6.04 Å². The first-order chi connectivity index (χ1) is 9.74. The summed E-state index contributed by atoms with van der Waals surface area (Å²) < 4.78 is 6.62. The molecule has 1 rings (SSSR count). The van der Waals surface area contributed by atoms with Gasteiger partial charge in [0.2, 0.25) is 11.1 Å². The molecule has 0 aliphatic carbocycles. The Bertz CT molecular complexity index is 599. The molecule has 114 valence electrons. The topological polar surface area (TPSA) is 85.6 Å². The molecule has 1 aromatic rings. The van der Waals surface area contributed by atoms with E-state index >= 15 is 0 Å². The Hall–Kier alpha value is -2.44. The van der Waals surface area contributed by atoms with Crippen LogP contribution in [0.15, 0.2) is 34.9 Å². The molecule has 21 heavy (non-hydrogen) atoms. The van der Waals surface area contributed by atoms with Gasteiger partial charge in [-0.15, -0.1) is 0 Å². The van der Waals surface area contributed by atoms with Crippen LogP contribution in [0, 0.1) is 0 Å². The van der Waals surface area contributed by atoms with E-state index in [2.05, 4.69) is 22.2 Å². The minimum absolute atomic E-state index is 0.246. The minimum atomic E-state index is -0.741. The number of hydrazone groups is 1. The van der Waals surface area contributed by atoms with Gasteiger partial charge in [-0.3, -0.25) is 14.9 Å². The number of rotatable bonds is 5. The van der Waals surface area contributed by atoms with Gasteiger partial charge in [-0.2, -0.15) is 10.2 Å². The molecule has 0 aliphatic heterocycles. The largest absolute Gasteiger partial charge is 0.455 e.